The molecule has 0 N–H and O–H groups in total. The molecular formula is C18H13NO2. The molecule has 1 aliphatic carbocycles. The minimum atomic E-state index is -0.0767. The van der Waals surface area contributed by atoms with E-state index in [1.807, 2.05) is 36.6 Å². The Bertz CT molecular complexity index is 947. The first-order chi connectivity index (χ1) is 10.1. The number of benzene rings is 1. The van der Waals surface area contributed by atoms with Crippen LogP contribution in [0.2, 0.25) is 0 Å². The zero-order valence-electron chi connectivity index (χ0n) is 11.8. The number of pyridine rings is 1. The summed E-state index contributed by atoms with van der Waals surface area (Å²) in [5.41, 5.74) is 4.95. The van der Waals surface area contributed by atoms with Crippen LogP contribution < -0.4 is 0 Å². The molecule has 1 aromatic carbocycles. The smallest absolute Gasteiger partial charge is 0.211 e. The quantitative estimate of drug-likeness (QED) is 0.493. The molecule has 4 rings (SSSR count). The number of hydrogen-bond acceptors (Lipinski definition) is 2. The van der Waals surface area contributed by atoms with Crippen molar-refractivity contribution >= 4 is 17.1 Å². The van der Waals surface area contributed by atoms with E-state index < -0.39 is 0 Å². The highest BCUT2D eigenvalue weighted by atomic mass is 16.1. The molecule has 21 heavy (non-hydrogen) atoms. The van der Waals surface area contributed by atoms with Gasteiger partial charge in [-0.2, -0.15) is 0 Å². The summed E-state index contributed by atoms with van der Waals surface area (Å²) in [6, 6.07) is 11.0. The molecule has 0 bridgehead atoms. The average Bonchev–Trinajstić information content (AvgIpc) is 2.78. The van der Waals surface area contributed by atoms with E-state index in [9.17, 15) is 9.59 Å². The summed E-state index contributed by atoms with van der Waals surface area (Å²) in [4.78, 5) is 25.6. The number of aryl methyl sites for hydroxylation is 2. The van der Waals surface area contributed by atoms with Crippen molar-refractivity contribution in [1.29, 1.82) is 0 Å². The molecule has 0 radical (unpaired) electrons. The van der Waals surface area contributed by atoms with Crippen molar-refractivity contribution in [3.63, 3.8) is 0 Å². The predicted molar refractivity (Wildman–Crippen MR) is 80.2 cm³/mol. The monoisotopic (exact) mass is 275 g/mol. The zero-order chi connectivity index (χ0) is 14.7. The first-order valence-electron chi connectivity index (χ1n) is 6.89. The molecule has 2 aromatic heterocycles. The number of ketones is 2. The lowest BCUT2D eigenvalue weighted by molar-refractivity contribution is 0.0975. The topological polar surface area (TPSA) is 38.5 Å². The fraction of sp³-hybridized carbons (Fsp3) is 0.111. The molecular weight excluding hydrogens is 262 g/mol. The highest BCUT2D eigenvalue weighted by Crippen LogP contribution is 2.33. The van der Waals surface area contributed by atoms with Crippen molar-refractivity contribution in [3.8, 4) is 0 Å². The Hall–Kier alpha value is -2.68. The second-order valence-corrected chi connectivity index (χ2v) is 5.51. The highest BCUT2D eigenvalue weighted by Gasteiger charge is 2.34. The van der Waals surface area contributed by atoms with Gasteiger partial charge in [-0.1, -0.05) is 24.3 Å². The van der Waals surface area contributed by atoms with Crippen LogP contribution in [0, 0.1) is 13.8 Å². The van der Waals surface area contributed by atoms with Gasteiger partial charge < -0.3 is 4.40 Å². The Morgan fingerprint density at radius 2 is 1.57 bits per heavy atom. The third-order valence-corrected chi connectivity index (χ3v) is 4.21. The second-order valence-electron chi connectivity index (χ2n) is 5.51. The fourth-order valence-electron chi connectivity index (χ4n) is 3.16. The molecule has 2 heterocycles. The maximum atomic E-state index is 12.8. The lowest BCUT2D eigenvalue weighted by Gasteiger charge is -2.15. The predicted octanol–water partition coefficient (Wildman–Crippen LogP) is 3.33. The van der Waals surface area contributed by atoms with Gasteiger partial charge in [-0.15, -0.1) is 0 Å². The summed E-state index contributed by atoms with van der Waals surface area (Å²) in [6.07, 6.45) is 1.87. The second kappa shape index (κ2) is 3.92. The normalized spacial score (nSPS) is 13.4. The molecule has 3 aromatic rings. The number of hydrogen-bond donors (Lipinski definition) is 0. The molecule has 0 spiro atoms. The van der Waals surface area contributed by atoms with E-state index >= 15 is 0 Å². The van der Waals surface area contributed by atoms with Crippen molar-refractivity contribution in [2.24, 2.45) is 0 Å². The van der Waals surface area contributed by atoms with Crippen molar-refractivity contribution in [2.75, 3.05) is 0 Å². The molecule has 0 saturated heterocycles. The van der Waals surface area contributed by atoms with Crippen molar-refractivity contribution in [3.05, 3.63) is 76.1 Å². The Morgan fingerprint density at radius 1 is 0.905 bits per heavy atom. The number of carbonyl (C=O) groups excluding carboxylic acids is 2. The number of rotatable bonds is 0. The first kappa shape index (κ1) is 12.1. The van der Waals surface area contributed by atoms with Gasteiger partial charge in [0.2, 0.25) is 5.78 Å². The minimum absolute atomic E-state index is 0.0564. The summed E-state index contributed by atoms with van der Waals surface area (Å²) < 4.78 is 1.84. The summed E-state index contributed by atoms with van der Waals surface area (Å²) in [5.74, 6) is -0.133. The number of nitrogens with zero attached hydrogens (tertiary/aromatic N) is 1. The number of fused-ring (bicyclic) bond motifs is 4. The maximum Gasteiger partial charge on any atom is 0.211 e. The highest BCUT2D eigenvalue weighted by molar-refractivity contribution is 6.29. The SMILES string of the molecule is Cc1ccn2c3c(c(C)c2c1)C(=O)c1ccccc1C3=O. The Kier molecular flexibility index (Phi) is 2.25. The van der Waals surface area contributed by atoms with E-state index in [-0.39, 0.29) is 11.6 Å². The Balaban J connectivity index is 2.16. The minimum Gasteiger partial charge on any atom is -0.313 e. The standard InChI is InChI=1S/C18H13NO2/c1-10-7-8-19-14(9-10)11(2)15-16(19)18(21)13-6-4-3-5-12(13)17(15)20/h3-9H,1-2H3. The summed E-state index contributed by atoms with van der Waals surface area (Å²) >= 11 is 0. The Labute approximate surface area is 121 Å². The molecule has 102 valence electrons. The van der Waals surface area contributed by atoms with Gasteiger partial charge in [0.1, 0.15) is 5.69 Å². The molecule has 0 unspecified atom stereocenters. The van der Waals surface area contributed by atoms with Crippen molar-refractivity contribution in [2.45, 2.75) is 13.8 Å². The lowest BCUT2D eigenvalue weighted by Crippen LogP contribution is -2.21. The molecule has 0 saturated carbocycles. The van der Waals surface area contributed by atoms with Crippen LogP contribution in [0.5, 0.6) is 0 Å². The van der Waals surface area contributed by atoms with Crippen molar-refractivity contribution < 1.29 is 9.59 Å². The van der Waals surface area contributed by atoms with E-state index in [0.29, 0.717) is 22.4 Å². The molecule has 0 atom stereocenters. The molecule has 1 aliphatic rings. The van der Waals surface area contributed by atoms with E-state index in [1.165, 1.54) is 0 Å². The van der Waals surface area contributed by atoms with Crippen LogP contribution in [-0.4, -0.2) is 16.0 Å². The summed E-state index contributed by atoms with van der Waals surface area (Å²) in [5, 5.41) is 0. The van der Waals surface area contributed by atoms with Crippen LogP contribution in [-0.2, 0) is 0 Å². The van der Waals surface area contributed by atoms with Gasteiger partial charge in [-0.05, 0) is 37.1 Å². The van der Waals surface area contributed by atoms with Crippen molar-refractivity contribution in [1.82, 2.24) is 4.40 Å². The van der Waals surface area contributed by atoms with Gasteiger partial charge in [0.25, 0.3) is 0 Å². The van der Waals surface area contributed by atoms with Crippen LogP contribution in [0.1, 0.15) is 43.1 Å². The van der Waals surface area contributed by atoms with Gasteiger partial charge >= 0.3 is 0 Å². The maximum absolute atomic E-state index is 12.8. The third-order valence-electron chi connectivity index (χ3n) is 4.21. The van der Waals surface area contributed by atoms with E-state index in [0.717, 1.165) is 16.6 Å². The van der Waals surface area contributed by atoms with Crippen LogP contribution in [0.25, 0.3) is 5.52 Å². The van der Waals surface area contributed by atoms with Crippen LogP contribution in [0.4, 0.5) is 0 Å². The van der Waals surface area contributed by atoms with Crippen LogP contribution in [0.15, 0.2) is 42.6 Å². The van der Waals surface area contributed by atoms with Gasteiger partial charge in [-0.25, -0.2) is 0 Å². The summed E-state index contributed by atoms with van der Waals surface area (Å²) in [7, 11) is 0. The van der Waals surface area contributed by atoms with Crippen LogP contribution in [0.3, 0.4) is 0 Å². The van der Waals surface area contributed by atoms with E-state index in [2.05, 4.69) is 0 Å². The molecule has 0 aliphatic heterocycles. The van der Waals surface area contributed by atoms with Gasteiger partial charge in [0.15, 0.2) is 5.78 Å². The molecule has 3 heteroatoms. The van der Waals surface area contributed by atoms with Gasteiger partial charge in [-0.3, -0.25) is 9.59 Å². The fourth-order valence-corrected chi connectivity index (χ4v) is 3.16. The van der Waals surface area contributed by atoms with Gasteiger partial charge in [0.05, 0.1) is 5.56 Å². The number of aromatic nitrogens is 1. The largest absolute Gasteiger partial charge is 0.313 e. The van der Waals surface area contributed by atoms with Gasteiger partial charge in [0, 0.05) is 22.8 Å². The molecule has 0 fully saturated rings. The molecule has 0 amide bonds. The Morgan fingerprint density at radius 3 is 2.29 bits per heavy atom. The lowest BCUT2D eigenvalue weighted by atomic mass is 9.86. The summed E-state index contributed by atoms with van der Waals surface area (Å²) in [6.45, 7) is 3.91. The van der Waals surface area contributed by atoms with Crippen LogP contribution >= 0.6 is 0 Å². The van der Waals surface area contributed by atoms with E-state index in [1.54, 1.807) is 24.3 Å². The van der Waals surface area contributed by atoms with E-state index in [4.69, 9.17) is 0 Å². The first-order valence-corrected chi connectivity index (χ1v) is 6.89. The average molecular weight is 275 g/mol. The zero-order valence-corrected chi connectivity index (χ0v) is 11.8. The third kappa shape index (κ3) is 1.43. The molecule has 3 nitrogen and oxygen atoms in total. The number of carbonyl (C=O) groups is 2.